The Morgan fingerprint density at radius 1 is 1.28 bits per heavy atom. The van der Waals surface area contributed by atoms with Crippen molar-refractivity contribution >= 4 is 21.6 Å². The van der Waals surface area contributed by atoms with Crippen LogP contribution in [0.1, 0.15) is 27.2 Å². The summed E-state index contributed by atoms with van der Waals surface area (Å²) >= 11 is 0. The van der Waals surface area contributed by atoms with Gasteiger partial charge in [-0.1, -0.05) is 6.92 Å². The summed E-state index contributed by atoms with van der Waals surface area (Å²) in [5.74, 6) is 0. The number of hydrogen-bond donors (Lipinski definition) is 2. The highest BCUT2D eigenvalue weighted by Crippen LogP contribution is 2.19. The van der Waals surface area contributed by atoms with E-state index in [1.54, 1.807) is 38.1 Å². The van der Waals surface area contributed by atoms with Gasteiger partial charge in [0.05, 0.1) is 5.69 Å². The second kappa shape index (κ2) is 6.06. The third kappa shape index (κ3) is 3.89. The molecule has 0 aliphatic carbocycles. The largest absolute Gasteiger partial charge is 0.399 e. The Bertz CT molecular complexity index is 469. The van der Waals surface area contributed by atoms with E-state index in [-0.39, 0.29) is 6.04 Å². The number of benzene rings is 1. The number of nitrogen functional groups attached to an aromatic ring is 1. The van der Waals surface area contributed by atoms with Gasteiger partial charge < -0.3 is 5.73 Å². The number of hydrogen-bond acceptors (Lipinski definition) is 3. The van der Waals surface area contributed by atoms with Crippen LogP contribution in [-0.2, 0) is 10.2 Å². The lowest BCUT2D eigenvalue weighted by molar-refractivity contribution is 0.564. The zero-order chi connectivity index (χ0) is 13.8. The molecule has 102 valence electrons. The van der Waals surface area contributed by atoms with Gasteiger partial charge >= 0.3 is 10.2 Å². The zero-order valence-electron chi connectivity index (χ0n) is 11.1. The minimum atomic E-state index is -3.51. The third-order valence-electron chi connectivity index (χ3n) is 2.28. The first-order chi connectivity index (χ1) is 8.36. The van der Waals surface area contributed by atoms with Crippen LogP contribution < -0.4 is 14.8 Å². The highest BCUT2D eigenvalue weighted by atomic mass is 32.2. The van der Waals surface area contributed by atoms with Gasteiger partial charge in [-0.3, -0.25) is 4.31 Å². The van der Waals surface area contributed by atoms with Crippen molar-refractivity contribution in [1.29, 1.82) is 0 Å². The molecule has 6 heteroatoms. The molecule has 0 bridgehead atoms. The molecule has 0 atom stereocenters. The molecule has 0 aliphatic heterocycles. The molecular formula is C12H21N3O2S. The van der Waals surface area contributed by atoms with Crippen LogP contribution in [-0.4, -0.2) is 21.0 Å². The normalized spacial score (nSPS) is 11.8. The maximum absolute atomic E-state index is 12.2. The van der Waals surface area contributed by atoms with Crippen LogP contribution >= 0.6 is 0 Å². The molecule has 3 N–H and O–H groups in total. The van der Waals surface area contributed by atoms with Crippen LogP contribution in [0.5, 0.6) is 0 Å². The van der Waals surface area contributed by atoms with Gasteiger partial charge in [-0.2, -0.15) is 13.1 Å². The van der Waals surface area contributed by atoms with E-state index >= 15 is 0 Å². The number of rotatable bonds is 6. The van der Waals surface area contributed by atoms with Crippen molar-refractivity contribution < 1.29 is 8.42 Å². The molecule has 0 spiro atoms. The van der Waals surface area contributed by atoms with Crippen molar-refractivity contribution in [2.24, 2.45) is 0 Å². The molecule has 1 aromatic carbocycles. The van der Waals surface area contributed by atoms with Crippen LogP contribution in [0.2, 0.25) is 0 Å². The van der Waals surface area contributed by atoms with Gasteiger partial charge in [-0.05, 0) is 44.5 Å². The Kier molecular flexibility index (Phi) is 4.98. The SMILES string of the molecule is CCCN(c1ccc(N)cc1)S(=O)(=O)NC(C)C. The fourth-order valence-corrected chi connectivity index (χ4v) is 3.14. The zero-order valence-corrected chi connectivity index (χ0v) is 11.9. The minimum absolute atomic E-state index is 0.136. The van der Waals surface area contributed by atoms with E-state index < -0.39 is 10.2 Å². The van der Waals surface area contributed by atoms with Gasteiger partial charge in [-0.15, -0.1) is 0 Å². The van der Waals surface area contributed by atoms with Crippen molar-refractivity contribution in [3.05, 3.63) is 24.3 Å². The van der Waals surface area contributed by atoms with Crippen molar-refractivity contribution in [3.8, 4) is 0 Å². The first-order valence-corrected chi connectivity index (χ1v) is 7.46. The number of nitrogens with zero attached hydrogens (tertiary/aromatic N) is 1. The Morgan fingerprint density at radius 2 is 1.83 bits per heavy atom. The second-order valence-corrected chi connectivity index (χ2v) is 6.07. The highest BCUT2D eigenvalue weighted by Gasteiger charge is 2.22. The first kappa shape index (κ1) is 14.8. The quantitative estimate of drug-likeness (QED) is 0.774. The molecular weight excluding hydrogens is 250 g/mol. The molecule has 0 saturated carbocycles. The minimum Gasteiger partial charge on any atom is -0.399 e. The fraction of sp³-hybridized carbons (Fsp3) is 0.500. The Morgan fingerprint density at radius 3 is 2.28 bits per heavy atom. The monoisotopic (exact) mass is 271 g/mol. The van der Waals surface area contributed by atoms with Gasteiger partial charge in [0, 0.05) is 18.3 Å². The Labute approximate surface area is 109 Å². The maximum Gasteiger partial charge on any atom is 0.301 e. The summed E-state index contributed by atoms with van der Waals surface area (Å²) in [5.41, 5.74) is 6.85. The molecule has 0 unspecified atom stereocenters. The third-order valence-corrected chi connectivity index (χ3v) is 4.03. The average Bonchev–Trinajstić information content (AvgIpc) is 2.25. The Hall–Kier alpha value is -1.27. The standard InChI is InChI=1S/C12H21N3O2S/c1-4-9-15(18(16,17)14-10(2)3)12-7-5-11(13)6-8-12/h5-8,10,14H,4,9,13H2,1-3H3. The van der Waals surface area contributed by atoms with Gasteiger partial charge in [0.25, 0.3) is 0 Å². The molecule has 0 aromatic heterocycles. The number of anilines is 2. The van der Waals surface area contributed by atoms with Crippen LogP contribution in [0.15, 0.2) is 24.3 Å². The van der Waals surface area contributed by atoms with Crippen LogP contribution in [0, 0.1) is 0 Å². The van der Waals surface area contributed by atoms with E-state index in [1.165, 1.54) is 4.31 Å². The molecule has 0 heterocycles. The average molecular weight is 271 g/mol. The van der Waals surface area contributed by atoms with Crippen molar-refractivity contribution in [2.45, 2.75) is 33.2 Å². The summed E-state index contributed by atoms with van der Waals surface area (Å²) in [7, 11) is -3.51. The molecule has 0 saturated heterocycles. The van der Waals surface area contributed by atoms with E-state index in [0.717, 1.165) is 6.42 Å². The molecule has 0 fully saturated rings. The Balaban J connectivity index is 3.06. The van der Waals surface area contributed by atoms with Crippen LogP contribution in [0.3, 0.4) is 0 Å². The molecule has 1 rings (SSSR count). The molecule has 18 heavy (non-hydrogen) atoms. The number of nitrogens with one attached hydrogen (secondary N) is 1. The smallest absolute Gasteiger partial charge is 0.301 e. The van der Waals surface area contributed by atoms with E-state index in [4.69, 9.17) is 5.73 Å². The lowest BCUT2D eigenvalue weighted by Gasteiger charge is -2.25. The first-order valence-electron chi connectivity index (χ1n) is 6.02. The van der Waals surface area contributed by atoms with Crippen molar-refractivity contribution in [3.63, 3.8) is 0 Å². The van der Waals surface area contributed by atoms with Gasteiger partial charge in [0.2, 0.25) is 0 Å². The highest BCUT2D eigenvalue weighted by molar-refractivity contribution is 7.90. The van der Waals surface area contributed by atoms with E-state index in [0.29, 0.717) is 17.9 Å². The summed E-state index contributed by atoms with van der Waals surface area (Å²) in [6.07, 6.45) is 0.739. The fourth-order valence-electron chi connectivity index (χ4n) is 1.59. The summed E-state index contributed by atoms with van der Waals surface area (Å²) in [4.78, 5) is 0. The second-order valence-electron chi connectivity index (χ2n) is 4.44. The van der Waals surface area contributed by atoms with Crippen LogP contribution in [0.25, 0.3) is 0 Å². The van der Waals surface area contributed by atoms with Crippen molar-refractivity contribution in [2.75, 3.05) is 16.6 Å². The van der Waals surface area contributed by atoms with Gasteiger partial charge in [-0.25, -0.2) is 0 Å². The predicted molar refractivity (Wildman–Crippen MR) is 75.7 cm³/mol. The van der Waals surface area contributed by atoms with Gasteiger partial charge in [0.1, 0.15) is 0 Å². The molecule has 0 aliphatic rings. The molecule has 1 aromatic rings. The molecule has 0 amide bonds. The topological polar surface area (TPSA) is 75.4 Å². The van der Waals surface area contributed by atoms with E-state index in [9.17, 15) is 8.42 Å². The molecule has 0 radical (unpaired) electrons. The lowest BCUT2D eigenvalue weighted by Crippen LogP contribution is -2.44. The summed E-state index contributed by atoms with van der Waals surface area (Å²) < 4.78 is 28.4. The maximum atomic E-state index is 12.2. The number of nitrogens with two attached hydrogens (primary N) is 1. The van der Waals surface area contributed by atoms with E-state index in [1.807, 2.05) is 6.92 Å². The molecule has 5 nitrogen and oxygen atoms in total. The summed E-state index contributed by atoms with van der Waals surface area (Å²) in [6.45, 7) is 5.97. The van der Waals surface area contributed by atoms with E-state index in [2.05, 4.69) is 4.72 Å². The summed E-state index contributed by atoms with van der Waals surface area (Å²) in [5, 5.41) is 0. The summed E-state index contributed by atoms with van der Waals surface area (Å²) in [6, 6.07) is 6.68. The van der Waals surface area contributed by atoms with Gasteiger partial charge in [0.15, 0.2) is 0 Å². The predicted octanol–water partition coefficient (Wildman–Crippen LogP) is 1.73. The van der Waals surface area contributed by atoms with Crippen LogP contribution in [0.4, 0.5) is 11.4 Å². The lowest BCUT2D eigenvalue weighted by atomic mass is 10.3. The van der Waals surface area contributed by atoms with Crippen molar-refractivity contribution in [1.82, 2.24) is 4.72 Å².